The molecule has 0 aliphatic carbocycles. The van der Waals surface area contributed by atoms with E-state index in [0.29, 0.717) is 0 Å². The minimum absolute atomic E-state index is 0.0961. The smallest absolute Gasteiger partial charge is 0.197 e. The molecule has 1 atom stereocenters. The van der Waals surface area contributed by atoms with Crippen LogP contribution in [0.25, 0.3) is 0 Å². The summed E-state index contributed by atoms with van der Waals surface area (Å²) in [5.74, 6) is -0.0961. The molecule has 0 amide bonds. The Morgan fingerprint density at radius 1 is 1.58 bits per heavy atom. The quantitative estimate of drug-likeness (QED) is 0.699. The van der Waals surface area contributed by atoms with Gasteiger partial charge in [-0.05, 0) is 25.3 Å². The Hall–Kier alpha value is -0.830. The maximum atomic E-state index is 11.2. The summed E-state index contributed by atoms with van der Waals surface area (Å²) < 4.78 is 0. The average Bonchev–Trinajstić information content (AvgIpc) is 2.17. The molecule has 1 unspecified atom stereocenters. The minimum Gasteiger partial charge on any atom is -0.286 e. The van der Waals surface area contributed by atoms with Crippen molar-refractivity contribution < 1.29 is 4.79 Å². The molecule has 0 aliphatic heterocycles. The van der Waals surface area contributed by atoms with Gasteiger partial charge in [0.05, 0.1) is 11.6 Å². The number of carbonyl (C=O) groups is 1. The molecule has 3 heteroatoms. The van der Waals surface area contributed by atoms with Crippen LogP contribution in [-0.4, -0.2) is 16.4 Å². The van der Waals surface area contributed by atoms with Gasteiger partial charge >= 0.3 is 0 Å². The summed E-state index contributed by atoms with van der Waals surface area (Å²) in [5.41, 5.74) is 0.844. The SMILES string of the molecule is CSC(=O)C(C)c1ccccn1. The summed E-state index contributed by atoms with van der Waals surface area (Å²) in [6.45, 7) is 1.88. The number of rotatable bonds is 2. The molecular weight excluding hydrogens is 170 g/mol. The first kappa shape index (κ1) is 9.26. The van der Waals surface area contributed by atoms with Gasteiger partial charge in [0.1, 0.15) is 0 Å². The summed E-state index contributed by atoms with van der Waals surface area (Å²) in [7, 11) is 0. The zero-order valence-electron chi connectivity index (χ0n) is 7.15. The van der Waals surface area contributed by atoms with Crippen LogP contribution in [0, 0.1) is 0 Å². The maximum Gasteiger partial charge on any atom is 0.197 e. The molecule has 0 fully saturated rings. The Balaban J connectivity index is 2.78. The summed E-state index contributed by atoms with van der Waals surface area (Å²) >= 11 is 1.25. The topological polar surface area (TPSA) is 30.0 Å². The van der Waals surface area contributed by atoms with Crippen molar-refractivity contribution in [1.82, 2.24) is 4.98 Å². The van der Waals surface area contributed by atoms with Crippen LogP contribution in [0.4, 0.5) is 0 Å². The van der Waals surface area contributed by atoms with Gasteiger partial charge in [0.25, 0.3) is 0 Å². The van der Waals surface area contributed by atoms with E-state index >= 15 is 0 Å². The number of thioether (sulfide) groups is 1. The Labute approximate surface area is 76.4 Å². The fraction of sp³-hybridized carbons (Fsp3) is 0.333. The highest BCUT2D eigenvalue weighted by Crippen LogP contribution is 2.17. The predicted molar refractivity (Wildman–Crippen MR) is 51.2 cm³/mol. The normalized spacial score (nSPS) is 12.5. The number of hydrogen-bond acceptors (Lipinski definition) is 3. The van der Waals surface area contributed by atoms with E-state index in [1.54, 1.807) is 12.5 Å². The van der Waals surface area contributed by atoms with Gasteiger partial charge in [-0.2, -0.15) is 0 Å². The lowest BCUT2D eigenvalue weighted by atomic mass is 10.1. The van der Waals surface area contributed by atoms with Crippen LogP contribution in [0.1, 0.15) is 18.5 Å². The number of hydrogen-bond donors (Lipinski definition) is 0. The molecule has 64 valence electrons. The summed E-state index contributed by atoms with van der Waals surface area (Å²) in [5, 5.41) is 0.161. The molecule has 1 aromatic heterocycles. The van der Waals surface area contributed by atoms with Crippen LogP contribution < -0.4 is 0 Å². The largest absolute Gasteiger partial charge is 0.286 e. The van der Waals surface area contributed by atoms with Crippen LogP contribution >= 0.6 is 11.8 Å². The molecule has 0 N–H and O–H groups in total. The van der Waals surface area contributed by atoms with E-state index in [2.05, 4.69) is 4.98 Å². The third-order valence-corrected chi connectivity index (χ3v) is 2.44. The Bertz CT molecular complexity index is 260. The van der Waals surface area contributed by atoms with Gasteiger partial charge in [-0.25, -0.2) is 0 Å². The van der Waals surface area contributed by atoms with E-state index < -0.39 is 0 Å². The summed E-state index contributed by atoms with van der Waals surface area (Å²) in [6.07, 6.45) is 3.50. The minimum atomic E-state index is -0.0961. The lowest BCUT2D eigenvalue weighted by Crippen LogP contribution is -2.05. The number of nitrogens with zero attached hydrogens (tertiary/aromatic N) is 1. The molecule has 1 heterocycles. The van der Waals surface area contributed by atoms with Crippen molar-refractivity contribution >= 4 is 16.9 Å². The average molecular weight is 181 g/mol. The Morgan fingerprint density at radius 3 is 2.83 bits per heavy atom. The van der Waals surface area contributed by atoms with Crippen molar-refractivity contribution in [3.05, 3.63) is 30.1 Å². The van der Waals surface area contributed by atoms with Gasteiger partial charge in [0.15, 0.2) is 5.12 Å². The van der Waals surface area contributed by atoms with E-state index in [4.69, 9.17) is 0 Å². The first-order valence-electron chi connectivity index (χ1n) is 3.74. The van der Waals surface area contributed by atoms with Crippen molar-refractivity contribution in [2.45, 2.75) is 12.8 Å². The van der Waals surface area contributed by atoms with E-state index in [-0.39, 0.29) is 11.0 Å². The molecule has 0 bridgehead atoms. The zero-order chi connectivity index (χ0) is 8.97. The lowest BCUT2D eigenvalue weighted by molar-refractivity contribution is -0.111. The fourth-order valence-electron chi connectivity index (χ4n) is 0.930. The van der Waals surface area contributed by atoms with Gasteiger partial charge in [0.2, 0.25) is 0 Å². The van der Waals surface area contributed by atoms with Gasteiger partial charge in [-0.1, -0.05) is 17.8 Å². The van der Waals surface area contributed by atoms with Gasteiger partial charge in [-0.15, -0.1) is 0 Å². The molecule has 0 saturated carbocycles. The summed E-state index contributed by atoms with van der Waals surface area (Å²) in [4.78, 5) is 15.3. The molecular formula is C9H11NOS. The number of carbonyl (C=O) groups excluding carboxylic acids is 1. The zero-order valence-corrected chi connectivity index (χ0v) is 7.97. The molecule has 1 aromatic rings. The highest BCUT2D eigenvalue weighted by Gasteiger charge is 2.14. The molecule has 0 saturated heterocycles. The number of pyridine rings is 1. The van der Waals surface area contributed by atoms with Crippen molar-refractivity contribution in [2.75, 3.05) is 6.26 Å². The molecule has 1 rings (SSSR count). The first-order valence-corrected chi connectivity index (χ1v) is 4.97. The monoisotopic (exact) mass is 181 g/mol. The van der Waals surface area contributed by atoms with Gasteiger partial charge < -0.3 is 0 Å². The van der Waals surface area contributed by atoms with Crippen LogP contribution in [-0.2, 0) is 4.79 Å². The second kappa shape index (κ2) is 4.26. The van der Waals surface area contributed by atoms with Gasteiger partial charge in [0, 0.05) is 6.20 Å². The maximum absolute atomic E-state index is 11.2. The Morgan fingerprint density at radius 2 is 2.33 bits per heavy atom. The molecule has 0 radical (unpaired) electrons. The molecule has 2 nitrogen and oxygen atoms in total. The second-order valence-corrected chi connectivity index (χ2v) is 3.31. The predicted octanol–water partition coefficient (Wildman–Crippen LogP) is 2.07. The third-order valence-electron chi connectivity index (χ3n) is 1.69. The van der Waals surface area contributed by atoms with Gasteiger partial charge in [-0.3, -0.25) is 9.78 Å². The fourth-order valence-corrected chi connectivity index (χ4v) is 1.40. The van der Waals surface area contributed by atoms with Crippen LogP contribution in [0.5, 0.6) is 0 Å². The summed E-state index contributed by atoms with van der Waals surface area (Å²) in [6, 6.07) is 5.62. The molecule has 12 heavy (non-hydrogen) atoms. The Kier molecular flexibility index (Phi) is 3.29. The molecule has 0 aliphatic rings. The van der Waals surface area contributed by atoms with Crippen molar-refractivity contribution in [2.24, 2.45) is 0 Å². The van der Waals surface area contributed by atoms with Crippen LogP contribution in [0.15, 0.2) is 24.4 Å². The first-order chi connectivity index (χ1) is 5.75. The second-order valence-electron chi connectivity index (χ2n) is 2.50. The van der Waals surface area contributed by atoms with E-state index in [9.17, 15) is 4.79 Å². The number of aromatic nitrogens is 1. The van der Waals surface area contributed by atoms with Crippen molar-refractivity contribution in [1.29, 1.82) is 0 Å². The highest BCUT2D eigenvalue weighted by atomic mass is 32.2. The van der Waals surface area contributed by atoms with Crippen molar-refractivity contribution in [3.8, 4) is 0 Å². The standard InChI is InChI=1S/C9H11NOS/c1-7(9(11)12-2)8-5-3-4-6-10-8/h3-7H,1-2H3. The van der Waals surface area contributed by atoms with E-state index in [1.807, 2.05) is 25.1 Å². The van der Waals surface area contributed by atoms with Crippen molar-refractivity contribution in [3.63, 3.8) is 0 Å². The van der Waals surface area contributed by atoms with E-state index in [0.717, 1.165) is 5.69 Å². The highest BCUT2D eigenvalue weighted by molar-refractivity contribution is 8.13. The lowest BCUT2D eigenvalue weighted by Gasteiger charge is -2.06. The molecule has 0 spiro atoms. The van der Waals surface area contributed by atoms with E-state index in [1.165, 1.54) is 11.8 Å². The third kappa shape index (κ3) is 2.08. The van der Waals surface area contributed by atoms with Crippen LogP contribution in [0.2, 0.25) is 0 Å². The molecule has 0 aromatic carbocycles. The van der Waals surface area contributed by atoms with Crippen LogP contribution in [0.3, 0.4) is 0 Å².